The van der Waals surface area contributed by atoms with Crippen molar-refractivity contribution in [3.05, 3.63) is 48.0 Å². The van der Waals surface area contributed by atoms with E-state index in [4.69, 9.17) is 0 Å². The topological polar surface area (TPSA) is 40.5 Å². The lowest BCUT2D eigenvalue weighted by molar-refractivity contribution is 0.404. The number of hydrogen-bond donors (Lipinski definition) is 2. The van der Waals surface area contributed by atoms with Gasteiger partial charge in [0.2, 0.25) is 0 Å². The summed E-state index contributed by atoms with van der Waals surface area (Å²) in [4.78, 5) is 0. The molecule has 0 radical (unpaired) electrons. The van der Waals surface area contributed by atoms with Crippen molar-refractivity contribution in [3.8, 4) is 22.6 Å². The zero-order valence-electron chi connectivity index (χ0n) is 9.85. The van der Waals surface area contributed by atoms with Crippen LogP contribution in [0.25, 0.3) is 11.1 Å². The summed E-state index contributed by atoms with van der Waals surface area (Å²) >= 11 is 0. The van der Waals surface area contributed by atoms with E-state index in [0.29, 0.717) is 0 Å². The van der Waals surface area contributed by atoms with Crippen LogP contribution in [0.3, 0.4) is 0 Å². The van der Waals surface area contributed by atoms with Crippen molar-refractivity contribution in [2.24, 2.45) is 0 Å². The van der Waals surface area contributed by atoms with Gasteiger partial charge in [0, 0.05) is 5.56 Å². The maximum atomic E-state index is 10.0. The molecule has 0 amide bonds. The van der Waals surface area contributed by atoms with E-state index in [2.05, 4.69) is 6.92 Å². The highest BCUT2D eigenvalue weighted by Crippen LogP contribution is 2.39. The Morgan fingerprint density at radius 2 is 1.65 bits per heavy atom. The maximum absolute atomic E-state index is 10.0. The highest BCUT2D eigenvalue weighted by atomic mass is 16.3. The fourth-order valence-corrected chi connectivity index (χ4v) is 2.03. The molecule has 0 aliphatic rings. The lowest BCUT2D eigenvalue weighted by Gasteiger charge is -2.12. The first-order chi connectivity index (χ1) is 8.24. The molecular formula is C15H16O2. The predicted molar refractivity (Wildman–Crippen MR) is 69.2 cm³/mol. The van der Waals surface area contributed by atoms with Crippen LogP contribution in [-0.4, -0.2) is 10.2 Å². The molecule has 2 heteroatoms. The fourth-order valence-electron chi connectivity index (χ4n) is 2.03. The van der Waals surface area contributed by atoms with Gasteiger partial charge in [-0.15, -0.1) is 0 Å². The maximum Gasteiger partial charge on any atom is 0.165 e. The second-order valence-corrected chi connectivity index (χ2v) is 4.08. The van der Waals surface area contributed by atoms with Crippen LogP contribution in [0.4, 0.5) is 0 Å². The summed E-state index contributed by atoms with van der Waals surface area (Å²) in [5.74, 6) is -0.0918. The van der Waals surface area contributed by atoms with Crippen molar-refractivity contribution >= 4 is 0 Å². The van der Waals surface area contributed by atoms with Crippen LogP contribution in [0.5, 0.6) is 11.5 Å². The normalized spacial score (nSPS) is 10.4. The number of aryl methyl sites for hydroxylation is 1. The van der Waals surface area contributed by atoms with Crippen molar-refractivity contribution in [2.45, 2.75) is 19.8 Å². The van der Waals surface area contributed by atoms with Gasteiger partial charge in [0.25, 0.3) is 0 Å². The first-order valence-electron chi connectivity index (χ1n) is 5.83. The molecule has 0 aliphatic heterocycles. The average Bonchev–Trinajstić information content (AvgIpc) is 2.36. The Kier molecular flexibility index (Phi) is 3.33. The van der Waals surface area contributed by atoms with E-state index < -0.39 is 0 Å². The van der Waals surface area contributed by atoms with Crippen LogP contribution in [0.1, 0.15) is 18.9 Å². The monoisotopic (exact) mass is 228 g/mol. The van der Waals surface area contributed by atoms with Gasteiger partial charge < -0.3 is 10.2 Å². The molecule has 0 aliphatic carbocycles. The van der Waals surface area contributed by atoms with E-state index in [9.17, 15) is 10.2 Å². The van der Waals surface area contributed by atoms with Gasteiger partial charge in [-0.1, -0.05) is 49.7 Å². The Balaban J connectivity index is 2.61. The third kappa shape index (κ3) is 2.26. The molecule has 0 spiro atoms. The van der Waals surface area contributed by atoms with E-state index in [1.54, 1.807) is 6.07 Å². The van der Waals surface area contributed by atoms with Gasteiger partial charge in [-0.25, -0.2) is 0 Å². The standard InChI is InChI=1S/C15H16O2/c1-2-6-11-9-10-13(16)15(17)14(11)12-7-4-3-5-8-12/h3-5,7-10,16-17H,2,6H2,1H3. The quantitative estimate of drug-likeness (QED) is 0.786. The fraction of sp³-hybridized carbons (Fsp3) is 0.200. The Labute approximate surface area is 101 Å². The Morgan fingerprint density at radius 3 is 2.29 bits per heavy atom. The summed E-state index contributed by atoms with van der Waals surface area (Å²) in [5.41, 5.74) is 2.74. The number of aromatic hydroxyl groups is 2. The molecule has 2 aromatic rings. The number of phenols is 2. The van der Waals surface area contributed by atoms with Crippen LogP contribution in [0.15, 0.2) is 42.5 Å². The van der Waals surface area contributed by atoms with Crippen molar-refractivity contribution in [1.82, 2.24) is 0 Å². The zero-order valence-corrected chi connectivity index (χ0v) is 9.85. The first-order valence-corrected chi connectivity index (χ1v) is 5.83. The van der Waals surface area contributed by atoms with Crippen molar-refractivity contribution in [1.29, 1.82) is 0 Å². The molecule has 0 atom stereocenters. The van der Waals surface area contributed by atoms with E-state index in [1.165, 1.54) is 0 Å². The molecule has 2 N–H and O–H groups in total. The molecule has 0 saturated heterocycles. The molecule has 0 bridgehead atoms. The molecule has 2 nitrogen and oxygen atoms in total. The lowest BCUT2D eigenvalue weighted by atomic mass is 9.95. The lowest BCUT2D eigenvalue weighted by Crippen LogP contribution is -1.90. The summed E-state index contributed by atoms with van der Waals surface area (Å²) in [7, 11) is 0. The third-order valence-electron chi connectivity index (χ3n) is 2.82. The molecule has 0 saturated carbocycles. The molecule has 88 valence electrons. The number of phenolic OH excluding ortho intramolecular Hbond substituents is 2. The van der Waals surface area contributed by atoms with Gasteiger partial charge in [-0.05, 0) is 23.6 Å². The highest BCUT2D eigenvalue weighted by Gasteiger charge is 2.13. The van der Waals surface area contributed by atoms with Crippen LogP contribution in [0.2, 0.25) is 0 Å². The van der Waals surface area contributed by atoms with Gasteiger partial charge in [0.05, 0.1) is 0 Å². The summed E-state index contributed by atoms with van der Waals surface area (Å²) in [6.45, 7) is 2.10. The molecule has 0 aromatic heterocycles. The van der Waals surface area contributed by atoms with Gasteiger partial charge in [0.1, 0.15) is 0 Å². The van der Waals surface area contributed by atoms with E-state index in [-0.39, 0.29) is 11.5 Å². The smallest absolute Gasteiger partial charge is 0.165 e. The third-order valence-corrected chi connectivity index (χ3v) is 2.82. The Hall–Kier alpha value is -1.96. The average molecular weight is 228 g/mol. The van der Waals surface area contributed by atoms with Gasteiger partial charge in [0.15, 0.2) is 11.5 Å². The van der Waals surface area contributed by atoms with Gasteiger partial charge >= 0.3 is 0 Å². The summed E-state index contributed by atoms with van der Waals surface area (Å²) in [6.07, 6.45) is 1.89. The molecule has 2 aromatic carbocycles. The minimum Gasteiger partial charge on any atom is -0.504 e. The minimum atomic E-state index is -0.0660. The minimum absolute atomic E-state index is 0.0258. The summed E-state index contributed by atoms with van der Waals surface area (Å²) in [5, 5.41) is 19.6. The van der Waals surface area contributed by atoms with Crippen molar-refractivity contribution < 1.29 is 10.2 Å². The SMILES string of the molecule is CCCc1ccc(O)c(O)c1-c1ccccc1. The number of rotatable bonds is 3. The van der Waals surface area contributed by atoms with Crippen molar-refractivity contribution in [3.63, 3.8) is 0 Å². The number of benzene rings is 2. The van der Waals surface area contributed by atoms with Crippen LogP contribution in [-0.2, 0) is 6.42 Å². The molecule has 0 fully saturated rings. The van der Waals surface area contributed by atoms with Crippen molar-refractivity contribution in [2.75, 3.05) is 0 Å². The highest BCUT2D eigenvalue weighted by molar-refractivity contribution is 5.76. The van der Waals surface area contributed by atoms with Crippen LogP contribution in [0, 0.1) is 0 Å². The van der Waals surface area contributed by atoms with Gasteiger partial charge in [-0.3, -0.25) is 0 Å². The predicted octanol–water partition coefficient (Wildman–Crippen LogP) is 3.72. The number of hydrogen-bond acceptors (Lipinski definition) is 2. The first kappa shape index (κ1) is 11.5. The molecular weight excluding hydrogens is 212 g/mol. The van der Waals surface area contributed by atoms with E-state index >= 15 is 0 Å². The molecule has 17 heavy (non-hydrogen) atoms. The summed E-state index contributed by atoms with van der Waals surface area (Å²) in [6, 6.07) is 13.1. The summed E-state index contributed by atoms with van der Waals surface area (Å²) < 4.78 is 0. The molecule has 0 heterocycles. The van der Waals surface area contributed by atoms with Crippen LogP contribution >= 0.6 is 0 Å². The second-order valence-electron chi connectivity index (χ2n) is 4.08. The van der Waals surface area contributed by atoms with E-state index in [1.807, 2.05) is 36.4 Å². The molecule has 2 rings (SSSR count). The molecule has 0 unspecified atom stereocenters. The van der Waals surface area contributed by atoms with Gasteiger partial charge in [-0.2, -0.15) is 0 Å². The van der Waals surface area contributed by atoms with Crippen LogP contribution < -0.4 is 0 Å². The zero-order chi connectivity index (χ0) is 12.3. The Morgan fingerprint density at radius 1 is 0.941 bits per heavy atom. The van der Waals surface area contributed by atoms with E-state index in [0.717, 1.165) is 29.5 Å². The second kappa shape index (κ2) is 4.91. The Bertz CT molecular complexity index is 504. The largest absolute Gasteiger partial charge is 0.504 e.